The van der Waals surface area contributed by atoms with Gasteiger partial charge in [-0.2, -0.15) is 5.10 Å². The third-order valence-corrected chi connectivity index (χ3v) is 6.17. The third-order valence-electron chi connectivity index (χ3n) is 6.17. The molecule has 1 N–H and O–H groups in total. The van der Waals surface area contributed by atoms with Crippen molar-refractivity contribution in [1.29, 1.82) is 0 Å². The molecule has 3 heterocycles. The maximum atomic E-state index is 13.1. The van der Waals surface area contributed by atoms with Crippen molar-refractivity contribution >= 4 is 35.6 Å². The van der Waals surface area contributed by atoms with Crippen LogP contribution in [0.2, 0.25) is 0 Å². The summed E-state index contributed by atoms with van der Waals surface area (Å²) in [6, 6.07) is 6.81. The minimum Gasteiger partial charge on any atom is -0.369 e. The molecule has 7 nitrogen and oxygen atoms in total. The molecular weight excluding hydrogens is 508 g/mol. The van der Waals surface area contributed by atoms with Crippen LogP contribution < -0.4 is 10.2 Å². The Morgan fingerprint density at radius 2 is 1.90 bits per heavy atom. The minimum absolute atomic E-state index is 0. The lowest BCUT2D eigenvalue weighted by atomic mass is 10.0. The van der Waals surface area contributed by atoms with Gasteiger partial charge in [-0.1, -0.05) is 0 Å². The number of likely N-dealkylation sites (tertiary alicyclic amines) is 1. The van der Waals surface area contributed by atoms with Gasteiger partial charge in [0, 0.05) is 84.3 Å². The van der Waals surface area contributed by atoms with E-state index in [1.807, 2.05) is 37.1 Å². The lowest BCUT2D eigenvalue weighted by Gasteiger charge is -2.36. The maximum Gasteiger partial charge on any atom is 0.193 e. The molecule has 9 heteroatoms. The highest BCUT2D eigenvalue weighted by Crippen LogP contribution is 2.26. The third kappa shape index (κ3) is 6.09. The average molecular weight is 541 g/mol. The van der Waals surface area contributed by atoms with Gasteiger partial charge in [-0.3, -0.25) is 14.6 Å². The van der Waals surface area contributed by atoms with Crippen LogP contribution >= 0.6 is 24.0 Å². The molecule has 2 fully saturated rings. The van der Waals surface area contributed by atoms with Gasteiger partial charge in [0.05, 0.1) is 6.20 Å². The van der Waals surface area contributed by atoms with E-state index in [0.29, 0.717) is 5.92 Å². The smallest absolute Gasteiger partial charge is 0.193 e. The Labute approximate surface area is 201 Å². The molecule has 4 rings (SSSR count). The van der Waals surface area contributed by atoms with E-state index in [4.69, 9.17) is 0 Å². The van der Waals surface area contributed by atoms with Crippen LogP contribution in [0, 0.1) is 5.82 Å². The molecule has 2 aromatic rings. The van der Waals surface area contributed by atoms with Crippen LogP contribution in [0.5, 0.6) is 0 Å². The van der Waals surface area contributed by atoms with Gasteiger partial charge in [0.2, 0.25) is 0 Å². The zero-order valence-corrected chi connectivity index (χ0v) is 20.7. The van der Waals surface area contributed by atoms with E-state index in [1.54, 1.807) is 0 Å². The van der Waals surface area contributed by atoms with Gasteiger partial charge in [0.15, 0.2) is 5.96 Å². The van der Waals surface area contributed by atoms with Crippen molar-refractivity contribution in [3.05, 3.63) is 48.0 Å². The van der Waals surface area contributed by atoms with Crippen LogP contribution in [0.15, 0.2) is 41.7 Å². The summed E-state index contributed by atoms with van der Waals surface area (Å²) in [7, 11) is 3.83. The van der Waals surface area contributed by atoms with Crippen molar-refractivity contribution in [2.75, 3.05) is 64.3 Å². The van der Waals surface area contributed by atoms with Gasteiger partial charge < -0.3 is 15.1 Å². The van der Waals surface area contributed by atoms with Crippen molar-refractivity contribution in [1.82, 2.24) is 24.9 Å². The molecule has 1 aromatic carbocycles. The van der Waals surface area contributed by atoms with Crippen molar-refractivity contribution in [3.8, 4) is 0 Å². The summed E-state index contributed by atoms with van der Waals surface area (Å²) >= 11 is 0. The highest BCUT2D eigenvalue weighted by Gasteiger charge is 2.27. The molecule has 0 amide bonds. The summed E-state index contributed by atoms with van der Waals surface area (Å²) < 4.78 is 15.0. The topological polar surface area (TPSA) is 51.9 Å². The molecule has 0 bridgehead atoms. The Morgan fingerprint density at radius 3 is 2.55 bits per heavy atom. The Bertz CT molecular complexity index is 846. The van der Waals surface area contributed by atoms with E-state index in [9.17, 15) is 4.39 Å². The van der Waals surface area contributed by atoms with E-state index in [1.165, 1.54) is 17.7 Å². The molecule has 170 valence electrons. The van der Waals surface area contributed by atoms with Crippen molar-refractivity contribution in [2.24, 2.45) is 12.0 Å². The number of nitrogens with zero attached hydrogens (tertiary/aromatic N) is 6. The first-order chi connectivity index (χ1) is 14.6. The Morgan fingerprint density at radius 1 is 1.16 bits per heavy atom. The van der Waals surface area contributed by atoms with Crippen LogP contribution in [-0.4, -0.2) is 84.9 Å². The largest absolute Gasteiger partial charge is 0.369 e. The second-order valence-corrected chi connectivity index (χ2v) is 8.16. The average Bonchev–Trinajstić information content (AvgIpc) is 3.41. The van der Waals surface area contributed by atoms with Crippen LogP contribution in [0.4, 0.5) is 10.1 Å². The van der Waals surface area contributed by atoms with Crippen LogP contribution in [-0.2, 0) is 7.05 Å². The fourth-order valence-corrected chi connectivity index (χ4v) is 4.42. The Kier molecular flexibility index (Phi) is 8.53. The first kappa shape index (κ1) is 23.8. The number of aliphatic imine (C=N–C) groups is 1. The first-order valence-electron chi connectivity index (χ1n) is 10.8. The lowest BCUT2D eigenvalue weighted by molar-refractivity contribution is 0.260. The lowest BCUT2D eigenvalue weighted by Crippen LogP contribution is -2.49. The standard InChI is InChI=1S/C22H32FN7.HI/c1-24-22(30-9-7-18(17-30)19-15-26-27(2)16-19)25-8-10-28-11-13-29(14-12-28)21-5-3-20(23)4-6-21;/h3-6,15-16,18H,7-14,17H2,1-2H3,(H,24,25);1H. The number of anilines is 1. The normalized spacial score (nSPS) is 20.1. The van der Waals surface area contributed by atoms with E-state index in [0.717, 1.165) is 70.4 Å². The van der Waals surface area contributed by atoms with Crippen LogP contribution in [0.1, 0.15) is 17.9 Å². The predicted molar refractivity (Wildman–Crippen MR) is 134 cm³/mol. The fourth-order valence-electron chi connectivity index (χ4n) is 4.42. The number of aromatic nitrogens is 2. The van der Waals surface area contributed by atoms with E-state index in [-0.39, 0.29) is 29.8 Å². The second kappa shape index (κ2) is 11.1. The predicted octanol–water partition coefficient (Wildman–Crippen LogP) is 2.36. The van der Waals surface area contributed by atoms with Crippen LogP contribution in [0.3, 0.4) is 0 Å². The molecule has 31 heavy (non-hydrogen) atoms. The molecular formula is C22H33FIN7. The number of guanidine groups is 1. The summed E-state index contributed by atoms with van der Waals surface area (Å²) in [5.74, 6) is 1.34. The summed E-state index contributed by atoms with van der Waals surface area (Å²) in [4.78, 5) is 11.6. The minimum atomic E-state index is -0.179. The Balaban J connectivity index is 0.00000272. The van der Waals surface area contributed by atoms with Gasteiger partial charge >= 0.3 is 0 Å². The first-order valence-corrected chi connectivity index (χ1v) is 10.8. The molecule has 1 unspecified atom stereocenters. The van der Waals surface area contributed by atoms with Crippen molar-refractivity contribution < 1.29 is 4.39 Å². The number of nitrogens with one attached hydrogen (secondary N) is 1. The molecule has 2 aliphatic heterocycles. The zero-order valence-electron chi connectivity index (χ0n) is 18.4. The molecule has 2 saturated heterocycles. The number of aryl methyl sites for hydroxylation is 1. The van der Waals surface area contributed by atoms with E-state index in [2.05, 4.69) is 36.3 Å². The summed E-state index contributed by atoms with van der Waals surface area (Å²) in [5, 5.41) is 7.85. The van der Waals surface area contributed by atoms with Gasteiger partial charge in [-0.15, -0.1) is 24.0 Å². The molecule has 1 atom stereocenters. The fraction of sp³-hybridized carbons (Fsp3) is 0.545. The number of hydrogen-bond acceptors (Lipinski definition) is 4. The number of halogens is 2. The van der Waals surface area contributed by atoms with E-state index >= 15 is 0 Å². The van der Waals surface area contributed by atoms with Crippen molar-refractivity contribution in [3.63, 3.8) is 0 Å². The van der Waals surface area contributed by atoms with Gasteiger partial charge in [-0.05, 0) is 36.2 Å². The van der Waals surface area contributed by atoms with Gasteiger partial charge in [-0.25, -0.2) is 4.39 Å². The van der Waals surface area contributed by atoms with Gasteiger partial charge in [0.1, 0.15) is 5.82 Å². The number of rotatable bonds is 5. The molecule has 0 radical (unpaired) electrons. The van der Waals surface area contributed by atoms with Crippen LogP contribution in [0.25, 0.3) is 0 Å². The molecule has 0 spiro atoms. The number of hydrogen-bond donors (Lipinski definition) is 1. The summed E-state index contributed by atoms with van der Waals surface area (Å²) in [6.45, 7) is 7.87. The quantitative estimate of drug-likeness (QED) is 0.358. The SMILES string of the molecule is CN=C(NCCN1CCN(c2ccc(F)cc2)CC1)N1CCC(c2cnn(C)c2)C1.I. The summed E-state index contributed by atoms with van der Waals surface area (Å²) in [5.41, 5.74) is 2.42. The molecule has 0 saturated carbocycles. The Hall–Kier alpha value is -1.88. The monoisotopic (exact) mass is 541 g/mol. The summed E-state index contributed by atoms with van der Waals surface area (Å²) in [6.07, 6.45) is 5.24. The second-order valence-electron chi connectivity index (χ2n) is 8.16. The molecule has 1 aromatic heterocycles. The van der Waals surface area contributed by atoms with E-state index < -0.39 is 0 Å². The van der Waals surface area contributed by atoms with Gasteiger partial charge in [0.25, 0.3) is 0 Å². The highest BCUT2D eigenvalue weighted by atomic mass is 127. The zero-order chi connectivity index (χ0) is 20.9. The highest BCUT2D eigenvalue weighted by molar-refractivity contribution is 14.0. The maximum absolute atomic E-state index is 13.1. The van der Waals surface area contributed by atoms with Crippen molar-refractivity contribution in [2.45, 2.75) is 12.3 Å². The molecule has 2 aliphatic rings. The number of piperazine rings is 1. The number of benzene rings is 1. The molecule has 0 aliphatic carbocycles.